The largest absolute Gasteiger partial charge is 0.489 e. The summed E-state index contributed by atoms with van der Waals surface area (Å²) in [4.78, 5) is 23.3. The summed E-state index contributed by atoms with van der Waals surface area (Å²) in [6.07, 6.45) is 0.683. The Bertz CT molecular complexity index is 521. The fourth-order valence-electron chi connectivity index (χ4n) is 2.37. The van der Waals surface area contributed by atoms with Crippen molar-refractivity contribution in [3.05, 3.63) is 29.3 Å². The fourth-order valence-corrected chi connectivity index (χ4v) is 2.37. The number of carbonyl (C=O) groups is 2. The van der Waals surface area contributed by atoms with Gasteiger partial charge in [0.05, 0.1) is 17.4 Å². The molecule has 3 unspecified atom stereocenters. The van der Waals surface area contributed by atoms with Gasteiger partial charge in [-0.3, -0.25) is 9.59 Å². The maximum atomic E-state index is 12.3. The molecule has 1 aliphatic heterocycles. The summed E-state index contributed by atoms with van der Waals surface area (Å²) < 4.78 is 5.79. The normalized spacial score (nSPS) is 23.4. The smallest absolute Gasteiger partial charge is 0.310 e. The van der Waals surface area contributed by atoms with Gasteiger partial charge in [0.2, 0.25) is 0 Å². The van der Waals surface area contributed by atoms with E-state index in [0.717, 1.165) is 6.42 Å². The standard InChI is InChI=1S/C15H18O4/c1-4-12-9(3)14(16)11-7-10(8(2)15(17)18)5-6-13(11)19-12/h5-9,12H,4H2,1-3H3,(H,17,18). The molecule has 4 nitrogen and oxygen atoms in total. The molecule has 102 valence electrons. The quantitative estimate of drug-likeness (QED) is 0.909. The van der Waals surface area contributed by atoms with Crippen LogP contribution in [-0.4, -0.2) is 23.0 Å². The van der Waals surface area contributed by atoms with Crippen molar-refractivity contribution in [3.8, 4) is 5.75 Å². The molecule has 0 amide bonds. The van der Waals surface area contributed by atoms with Gasteiger partial charge in [0.15, 0.2) is 5.78 Å². The monoisotopic (exact) mass is 262 g/mol. The molecule has 1 N–H and O–H groups in total. The Morgan fingerprint density at radius 2 is 2.16 bits per heavy atom. The van der Waals surface area contributed by atoms with E-state index >= 15 is 0 Å². The number of ketones is 1. The molecule has 4 heteroatoms. The summed E-state index contributed by atoms with van der Waals surface area (Å²) in [6.45, 7) is 5.45. The highest BCUT2D eigenvalue weighted by atomic mass is 16.5. The van der Waals surface area contributed by atoms with Gasteiger partial charge in [0, 0.05) is 0 Å². The highest BCUT2D eigenvalue weighted by Crippen LogP contribution is 2.34. The summed E-state index contributed by atoms with van der Waals surface area (Å²) in [6, 6.07) is 5.07. The van der Waals surface area contributed by atoms with Crippen LogP contribution >= 0.6 is 0 Å². The minimum atomic E-state index is -0.899. The van der Waals surface area contributed by atoms with Crippen LogP contribution in [0.5, 0.6) is 5.75 Å². The van der Waals surface area contributed by atoms with Crippen LogP contribution in [0.15, 0.2) is 18.2 Å². The van der Waals surface area contributed by atoms with Crippen molar-refractivity contribution in [1.82, 2.24) is 0 Å². The van der Waals surface area contributed by atoms with Gasteiger partial charge in [-0.25, -0.2) is 0 Å². The first-order valence-electron chi connectivity index (χ1n) is 6.53. The fraction of sp³-hybridized carbons (Fsp3) is 0.467. The number of Topliss-reactive ketones (excluding diaryl/α,β-unsaturated/α-hetero) is 1. The van der Waals surface area contributed by atoms with Gasteiger partial charge in [-0.1, -0.05) is 19.9 Å². The zero-order valence-corrected chi connectivity index (χ0v) is 11.3. The van der Waals surface area contributed by atoms with Gasteiger partial charge in [-0.15, -0.1) is 0 Å². The summed E-state index contributed by atoms with van der Waals surface area (Å²) in [5.74, 6) is -1.11. The molecule has 0 radical (unpaired) electrons. The third-order valence-electron chi connectivity index (χ3n) is 3.79. The van der Waals surface area contributed by atoms with Crippen LogP contribution in [-0.2, 0) is 4.79 Å². The number of hydrogen-bond donors (Lipinski definition) is 1. The maximum absolute atomic E-state index is 12.3. The maximum Gasteiger partial charge on any atom is 0.310 e. The summed E-state index contributed by atoms with van der Waals surface area (Å²) in [5, 5.41) is 9.02. The predicted molar refractivity (Wildman–Crippen MR) is 70.7 cm³/mol. The Kier molecular flexibility index (Phi) is 3.60. The molecule has 0 saturated carbocycles. The summed E-state index contributed by atoms with van der Waals surface area (Å²) in [7, 11) is 0. The van der Waals surface area contributed by atoms with Gasteiger partial charge in [0.25, 0.3) is 0 Å². The number of carboxylic acid groups (broad SMARTS) is 1. The van der Waals surface area contributed by atoms with Crippen molar-refractivity contribution >= 4 is 11.8 Å². The molecule has 0 saturated heterocycles. The second-order valence-electron chi connectivity index (χ2n) is 5.03. The van der Waals surface area contributed by atoms with E-state index in [2.05, 4.69) is 0 Å². The van der Waals surface area contributed by atoms with E-state index in [1.165, 1.54) is 0 Å². The minimum Gasteiger partial charge on any atom is -0.489 e. The number of benzene rings is 1. The van der Waals surface area contributed by atoms with E-state index in [0.29, 0.717) is 16.9 Å². The molecule has 2 rings (SSSR count). The Hall–Kier alpha value is -1.84. The molecular weight excluding hydrogens is 244 g/mol. The first kappa shape index (κ1) is 13.6. The van der Waals surface area contributed by atoms with Crippen molar-refractivity contribution in [2.24, 2.45) is 5.92 Å². The molecule has 0 fully saturated rings. The minimum absolute atomic E-state index is 0.0348. The molecule has 3 atom stereocenters. The molecule has 19 heavy (non-hydrogen) atoms. The molecule has 1 aromatic rings. The highest BCUT2D eigenvalue weighted by molar-refractivity contribution is 6.01. The predicted octanol–water partition coefficient (Wildman–Crippen LogP) is 2.86. The highest BCUT2D eigenvalue weighted by Gasteiger charge is 2.33. The van der Waals surface area contributed by atoms with Crippen LogP contribution in [0.4, 0.5) is 0 Å². The van der Waals surface area contributed by atoms with Crippen LogP contribution < -0.4 is 4.74 Å². The molecule has 0 aliphatic carbocycles. The lowest BCUT2D eigenvalue weighted by molar-refractivity contribution is -0.138. The molecule has 1 aliphatic rings. The molecule has 0 bridgehead atoms. The van der Waals surface area contributed by atoms with E-state index in [-0.39, 0.29) is 17.8 Å². The van der Waals surface area contributed by atoms with Crippen molar-refractivity contribution in [3.63, 3.8) is 0 Å². The average molecular weight is 262 g/mol. The Labute approximate surface area is 112 Å². The van der Waals surface area contributed by atoms with Crippen molar-refractivity contribution in [2.45, 2.75) is 39.2 Å². The van der Waals surface area contributed by atoms with E-state index in [9.17, 15) is 9.59 Å². The second kappa shape index (κ2) is 5.03. The average Bonchev–Trinajstić information content (AvgIpc) is 2.41. The summed E-state index contributed by atoms with van der Waals surface area (Å²) >= 11 is 0. The number of carbonyl (C=O) groups excluding carboxylic acids is 1. The number of carboxylic acids is 1. The van der Waals surface area contributed by atoms with E-state index in [1.54, 1.807) is 25.1 Å². The van der Waals surface area contributed by atoms with E-state index in [4.69, 9.17) is 9.84 Å². The zero-order chi connectivity index (χ0) is 14.2. The molecule has 1 aromatic carbocycles. The van der Waals surface area contributed by atoms with Crippen LogP contribution in [0, 0.1) is 5.92 Å². The summed E-state index contributed by atoms with van der Waals surface area (Å²) in [5.41, 5.74) is 1.13. The Morgan fingerprint density at radius 1 is 1.47 bits per heavy atom. The zero-order valence-electron chi connectivity index (χ0n) is 11.3. The molecule has 0 spiro atoms. The second-order valence-corrected chi connectivity index (χ2v) is 5.03. The van der Waals surface area contributed by atoms with Crippen LogP contribution in [0.1, 0.15) is 49.0 Å². The Balaban J connectivity index is 2.41. The molecule has 1 heterocycles. The van der Waals surface area contributed by atoms with Crippen LogP contribution in [0.3, 0.4) is 0 Å². The first-order chi connectivity index (χ1) is 8.95. The molecule has 0 aromatic heterocycles. The van der Waals surface area contributed by atoms with Crippen molar-refractivity contribution < 1.29 is 19.4 Å². The third kappa shape index (κ3) is 2.35. The number of rotatable bonds is 3. The van der Waals surface area contributed by atoms with Gasteiger partial charge in [0.1, 0.15) is 11.9 Å². The number of hydrogen-bond acceptors (Lipinski definition) is 3. The topological polar surface area (TPSA) is 63.6 Å². The van der Waals surface area contributed by atoms with Crippen LogP contribution in [0.2, 0.25) is 0 Å². The first-order valence-corrected chi connectivity index (χ1v) is 6.53. The van der Waals surface area contributed by atoms with Crippen molar-refractivity contribution in [1.29, 1.82) is 0 Å². The number of fused-ring (bicyclic) bond motifs is 1. The van der Waals surface area contributed by atoms with Gasteiger partial charge in [-0.05, 0) is 31.0 Å². The lowest BCUT2D eigenvalue weighted by Crippen LogP contribution is -2.35. The lowest BCUT2D eigenvalue weighted by atomic mass is 9.87. The molecular formula is C15H18O4. The Morgan fingerprint density at radius 3 is 2.74 bits per heavy atom. The van der Waals surface area contributed by atoms with Gasteiger partial charge < -0.3 is 9.84 Å². The van der Waals surface area contributed by atoms with E-state index < -0.39 is 11.9 Å². The van der Waals surface area contributed by atoms with Gasteiger partial charge in [-0.2, -0.15) is 0 Å². The van der Waals surface area contributed by atoms with Crippen molar-refractivity contribution in [2.75, 3.05) is 0 Å². The van der Waals surface area contributed by atoms with Crippen LogP contribution in [0.25, 0.3) is 0 Å². The SMILES string of the molecule is CCC1Oc2ccc(C(C)C(=O)O)cc2C(=O)C1C. The third-order valence-corrected chi connectivity index (χ3v) is 3.79. The van der Waals surface area contributed by atoms with E-state index in [1.807, 2.05) is 13.8 Å². The number of ether oxygens (including phenoxy) is 1. The lowest BCUT2D eigenvalue weighted by Gasteiger charge is -2.30. The number of aliphatic carboxylic acids is 1. The van der Waals surface area contributed by atoms with Gasteiger partial charge >= 0.3 is 5.97 Å².